The van der Waals surface area contributed by atoms with E-state index in [1.54, 1.807) is 0 Å². The fourth-order valence-electron chi connectivity index (χ4n) is 1.97. The van der Waals surface area contributed by atoms with Crippen LogP contribution in [0.15, 0.2) is 24.3 Å². The van der Waals surface area contributed by atoms with Crippen LogP contribution in [0.2, 0.25) is 0 Å². The fraction of sp³-hybridized carbons (Fsp3) is 0.625. The molecule has 1 fully saturated rings. The van der Waals surface area contributed by atoms with Gasteiger partial charge in [0.25, 0.3) is 0 Å². The maximum atomic E-state index is 5.72. The minimum atomic E-state index is 0.842. The fourth-order valence-corrected chi connectivity index (χ4v) is 1.97. The first-order chi connectivity index (χ1) is 8.88. The van der Waals surface area contributed by atoms with Gasteiger partial charge in [0.15, 0.2) is 0 Å². The van der Waals surface area contributed by atoms with Gasteiger partial charge < -0.3 is 10.1 Å². The Labute approximate surface area is 111 Å². The number of hydrogen-bond donors (Lipinski definition) is 1. The highest BCUT2D eigenvalue weighted by Crippen LogP contribution is 2.29. The lowest BCUT2D eigenvalue weighted by Gasteiger charge is -2.08. The molecule has 0 radical (unpaired) electrons. The van der Waals surface area contributed by atoms with Gasteiger partial charge in [0.1, 0.15) is 5.75 Å². The molecule has 1 aliphatic rings. The van der Waals surface area contributed by atoms with Crippen molar-refractivity contribution < 1.29 is 4.74 Å². The molecule has 0 amide bonds. The molecule has 2 rings (SSSR count). The Hall–Kier alpha value is -1.18. The Balaban J connectivity index is 1.63. The van der Waals surface area contributed by atoms with Crippen LogP contribution in [-0.4, -0.2) is 13.2 Å². The number of anilines is 1. The van der Waals surface area contributed by atoms with Crippen LogP contribution >= 0.6 is 0 Å². The number of rotatable bonds is 9. The lowest BCUT2D eigenvalue weighted by atomic mass is 10.2. The second-order valence-corrected chi connectivity index (χ2v) is 5.26. The number of nitrogens with one attached hydrogen (secondary N) is 1. The van der Waals surface area contributed by atoms with Gasteiger partial charge in [0.2, 0.25) is 0 Å². The number of ether oxygens (including phenoxy) is 1. The van der Waals surface area contributed by atoms with Gasteiger partial charge in [-0.2, -0.15) is 0 Å². The Morgan fingerprint density at radius 2 is 1.89 bits per heavy atom. The molecule has 0 aromatic heterocycles. The topological polar surface area (TPSA) is 21.3 Å². The lowest BCUT2D eigenvalue weighted by molar-refractivity contribution is 0.305. The molecule has 0 unspecified atom stereocenters. The second-order valence-electron chi connectivity index (χ2n) is 5.26. The predicted molar refractivity (Wildman–Crippen MR) is 77.3 cm³/mol. The monoisotopic (exact) mass is 247 g/mol. The third-order valence-corrected chi connectivity index (χ3v) is 3.41. The third-order valence-electron chi connectivity index (χ3n) is 3.41. The van der Waals surface area contributed by atoms with Gasteiger partial charge in [0.05, 0.1) is 6.61 Å². The minimum Gasteiger partial charge on any atom is -0.494 e. The summed E-state index contributed by atoms with van der Waals surface area (Å²) in [5.41, 5.74) is 1.21. The molecule has 0 bridgehead atoms. The van der Waals surface area contributed by atoms with Crippen LogP contribution in [-0.2, 0) is 0 Å². The Kier molecular flexibility index (Phi) is 5.37. The highest BCUT2D eigenvalue weighted by molar-refractivity contribution is 5.46. The van der Waals surface area contributed by atoms with Crippen molar-refractivity contribution in [3.05, 3.63) is 24.3 Å². The largest absolute Gasteiger partial charge is 0.494 e. The van der Waals surface area contributed by atoms with Crippen molar-refractivity contribution in [1.82, 2.24) is 0 Å². The molecule has 0 spiro atoms. The van der Waals surface area contributed by atoms with E-state index < -0.39 is 0 Å². The summed E-state index contributed by atoms with van der Waals surface area (Å²) in [7, 11) is 0. The van der Waals surface area contributed by atoms with E-state index in [4.69, 9.17) is 4.74 Å². The molecular formula is C16H25NO. The Bertz CT molecular complexity index is 329. The predicted octanol–water partition coefficient (Wildman–Crippen LogP) is 4.47. The van der Waals surface area contributed by atoms with E-state index in [1.165, 1.54) is 37.8 Å². The average molecular weight is 247 g/mol. The molecule has 1 saturated carbocycles. The van der Waals surface area contributed by atoms with Crippen LogP contribution in [0.3, 0.4) is 0 Å². The minimum absolute atomic E-state index is 0.842. The van der Waals surface area contributed by atoms with Crippen molar-refractivity contribution >= 4 is 5.69 Å². The van der Waals surface area contributed by atoms with Crippen LogP contribution in [0.4, 0.5) is 5.69 Å². The Morgan fingerprint density at radius 3 is 2.56 bits per heavy atom. The van der Waals surface area contributed by atoms with Gasteiger partial charge in [-0.25, -0.2) is 0 Å². The highest BCUT2D eigenvalue weighted by atomic mass is 16.5. The number of hydrogen-bond acceptors (Lipinski definition) is 2. The zero-order valence-corrected chi connectivity index (χ0v) is 11.5. The van der Waals surface area contributed by atoms with Gasteiger partial charge in [-0.1, -0.05) is 26.2 Å². The first-order valence-corrected chi connectivity index (χ1v) is 7.35. The zero-order valence-electron chi connectivity index (χ0n) is 11.5. The van der Waals surface area contributed by atoms with Crippen molar-refractivity contribution in [2.24, 2.45) is 5.92 Å². The van der Waals surface area contributed by atoms with Crippen molar-refractivity contribution in [1.29, 1.82) is 0 Å². The molecule has 2 heteroatoms. The van der Waals surface area contributed by atoms with Crippen molar-refractivity contribution in [2.75, 3.05) is 18.5 Å². The first-order valence-electron chi connectivity index (χ1n) is 7.35. The maximum Gasteiger partial charge on any atom is 0.119 e. The zero-order chi connectivity index (χ0) is 12.6. The molecule has 1 aliphatic carbocycles. The summed E-state index contributed by atoms with van der Waals surface area (Å²) in [6.45, 7) is 4.19. The summed E-state index contributed by atoms with van der Waals surface area (Å²) >= 11 is 0. The molecule has 1 N–H and O–H groups in total. The smallest absolute Gasteiger partial charge is 0.119 e. The first kappa shape index (κ1) is 13.3. The third kappa shape index (κ3) is 4.99. The standard InChI is InChI=1S/C16H25NO/c1-2-3-4-5-12-18-16-10-8-15(9-11-16)17-13-14-6-7-14/h8-11,14,17H,2-7,12-13H2,1H3. The molecular weight excluding hydrogens is 222 g/mol. The normalized spacial score (nSPS) is 14.5. The van der Waals surface area contributed by atoms with Gasteiger partial charge in [0, 0.05) is 12.2 Å². The van der Waals surface area contributed by atoms with E-state index in [0.29, 0.717) is 0 Å². The van der Waals surface area contributed by atoms with Crippen molar-refractivity contribution in [3.8, 4) is 5.75 Å². The summed E-state index contributed by atoms with van der Waals surface area (Å²) in [5, 5.41) is 3.46. The molecule has 18 heavy (non-hydrogen) atoms. The van der Waals surface area contributed by atoms with E-state index in [9.17, 15) is 0 Å². The average Bonchev–Trinajstić information content (AvgIpc) is 3.22. The quantitative estimate of drug-likeness (QED) is 0.650. The van der Waals surface area contributed by atoms with Gasteiger partial charge in [-0.05, 0) is 49.4 Å². The molecule has 2 nitrogen and oxygen atoms in total. The lowest BCUT2D eigenvalue weighted by Crippen LogP contribution is -2.03. The molecule has 0 heterocycles. The van der Waals surface area contributed by atoms with Crippen molar-refractivity contribution in [3.63, 3.8) is 0 Å². The van der Waals surface area contributed by atoms with Crippen LogP contribution in [0.1, 0.15) is 45.4 Å². The summed E-state index contributed by atoms with van der Waals surface area (Å²) < 4.78 is 5.72. The SMILES string of the molecule is CCCCCCOc1ccc(NCC2CC2)cc1. The molecule has 0 aliphatic heterocycles. The summed E-state index contributed by atoms with van der Waals surface area (Å²) in [5.74, 6) is 1.91. The van der Waals surface area contributed by atoms with Gasteiger partial charge in [-0.3, -0.25) is 0 Å². The second kappa shape index (κ2) is 7.30. The summed E-state index contributed by atoms with van der Waals surface area (Å²) in [6, 6.07) is 8.36. The van der Waals surface area contributed by atoms with Crippen LogP contribution in [0.5, 0.6) is 5.75 Å². The van der Waals surface area contributed by atoms with E-state index in [2.05, 4.69) is 36.5 Å². The molecule has 1 aromatic rings. The van der Waals surface area contributed by atoms with Crippen LogP contribution in [0, 0.1) is 5.92 Å². The Morgan fingerprint density at radius 1 is 1.11 bits per heavy atom. The van der Waals surface area contributed by atoms with E-state index in [0.717, 1.165) is 31.2 Å². The van der Waals surface area contributed by atoms with Crippen LogP contribution < -0.4 is 10.1 Å². The number of benzene rings is 1. The summed E-state index contributed by atoms with van der Waals surface area (Å²) in [4.78, 5) is 0. The van der Waals surface area contributed by atoms with E-state index in [1.807, 2.05) is 0 Å². The van der Waals surface area contributed by atoms with Crippen LogP contribution in [0.25, 0.3) is 0 Å². The highest BCUT2D eigenvalue weighted by Gasteiger charge is 2.20. The molecule has 0 saturated heterocycles. The number of unbranched alkanes of at least 4 members (excludes halogenated alkanes) is 3. The molecule has 0 atom stereocenters. The van der Waals surface area contributed by atoms with Crippen molar-refractivity contribution in [2.45, 2.75) is 45.4 Å². The van der Waals surface area contributed by atoms with E-state index >= 15 is 0 Å². The van der Waals surface area contributed by atoms with Gasteiger partial charge >= 0.3 is 0 Å². The molecule has 1 aromatic carbocycles. The van der Waals surface area contributed by atoms with Gasteiger partial charge in [-0.15, -0.1) is 0 Å². The maximum absolute atomic E-state index is 5.72. The molecule has 100 valence electrons. The van der Waals surface area contributed by atoms with E-state index in [-0.39, 0.29) is 0 Å². The summed E-state index contributed by atoms with van der Waals surface area (Å²) in [6.07, 6.45) is 7.82.